The predicted molar refractivity (Wildman–Crippen MR) is 107 cm³/mol. The maximum Gasteiger partial charge on any atom is 0.239 e. The molecule has 2 aromatic rings. The number of hydrogen-bond acceptors (Lipinski definition) is 6. The van der Waals surface area contributed by atoms with Crippen molar-refractivity contribution in [3.63, 3.8) is 0 Å². The van der Waals surface area contributed by atoms with Crippen molar-refractivity contribution in [1.29, 1.82) is 0 Å². The minimum Gasteiger partial charge on any atom is -0.497 e. The Morgan fingerprint density at radius 2 is 1.68 bits per heavy atom. The van der Waals surface area contributed by atoms with Crippen molar-refractivity contribution in [3.8, 4) is 17.2 Å². The zero-order valence-corrected chi connectivity index (χ0v) is 16.6. The molecule has 1 aliphatic heterocycles. The normalized spacial score (nSPS) is 19.7. The molecular weight excluding hydrogens is 358 g/mol. The zero-order valence-electron chi connectivity index (χ0n) is 16.6. The Balaban J connectivity index is 1.62. The van der Waals surface area contributed by atoms with Crippen molar-refractivity contribution in [2.75, 3.05) is 21.3 Å². The third-order valence-electron chi connectivity index (χ3n) is 5.01. The summed E-state index contributed by atoms with van der Waals surface area (Å²) in [6, 6.07) is 12.9. The summed E-state index contributed by atoms with van der Waals surface area (Å²) >= 11 is 0. The van der Waals surface area contributed by atoms with Crippen LogP contribution >= 0.6 is 0 Å². The molecule has 1 fully saturated rings. The van der Waals surface area contributed by atoms with E-state index >= 15 is 0 Å². The number of methoxy groups -OCH3 is 3. The van der Waals surface area contributed by atoms with E-state index in [9.17, 15) is 4.79 Å². The van der Waals surface area contributed by atoms with E-state index in [0.29, 0.717) is 6.42 Å². The molecule has 3 N–H and O–H groups in total. The van der Waals surface area contributed by atoms with Gasteiger partial charge in [-0.15, -0.1) is 0 Å². The first-order valence-electron chi connectivity index (χ1n) is 9.23. The quantitative estimate of drug-likeness (QED) is 0.680. The lowest BCUT2D eigenvalue weighted by Gasteiger charge is -2.18. The van der Waals surface area contributed by atoms with Gasteiger partial charge in [-0.1, -0.05) is 18.2 Å². The fourth-order valence-electron chi connectivity index (χ4n) is 3.33. The first-order chi connectivity index (χ1) is 13.5. The van der Waals surface area contributed by atoms with Crippen LogP contribution in [0.2, 0.25) is 0 Å². The first kappa shape index (κ1) is 20.0. The van der Waals surface area contributed by atoms with Crippen LogP contribution in [0.4, 0.5) is 0 Å². The fourth-order valence-corrected chi connectivity index (χ4v) is 3.33. The Morgan fingerprint density at radius 3 is 2.32 bits per heavy atom. The molecule has 3 unspecified atom stereocenters. The van der Waals surface area contributed by atoms with Crippen molar-refractivity contribution in [2.24, 2.45) is 0 Å². The van der Waals surface area contributed by atoms with Gasteiger partial charge < -0.3 is 19.5 Å². The highest BCUT2D eigenvalue weighted by molar-refractivity contribution is 5.82. The van der Waals surface area contributed by atoms with E-state index in [4.69, 9.17) is 14.2 Å². The molecule has 0 bridgehead atoms. The Hall–Kier alpha value is -2.77. The lowest BCUT2D eigenvalue weighted by molar-refractivity contribution is -0.123. The van der Waals surface area contributed by atoms with E-state index in [0.717, 1.165) is 28.4 Å². The summed E-state index contributed by atoms with van der Waals surface area (Å²) in [5.74, 6) is 2.20. The van der Waals surface area contributed by atoms with Crippen LogP contribution in [-0.2, 0) is 4.79 Å². The van der Waals surface area contributed by atoms with E-state index in [-0.39, 0.29) is 24.0 Å². The van der Waals surface area contributed by atoms with E-state index in [1.165, 1.54) is 0 Å². The highest BCUT2D eigenvalue weighted by atomic mass is 16.5. The molecule has 2 aromatic carbocycles. The van der Waals surface area contributed by atoms with Crippen molar-refractivity contribution in [3.05, 3.63) is 53.6 Å². The van der Waals surface area contributed by atoms with E-state index in [1.54, 1.807) is 21.3 Å². The molecule has 28 heavy (non-hydrogen) atoms. The zero-order chi connectivity index (χ0) is 20.1. The van der Waals surface area contributed by atoms with Gasteiger partial charge in [0.2, 0.25) is 5.91 Å². The topological polar surface area (TPSA) is 80.9 Å². The molecule has 1 saturated heterocycles. The Bertz CT molecular complexity index is 810. The standard InChI is InChI=1S/C21H27N3O4/c1-13(14-5-7-15(26-2)8-6-14)22-21(25)19-12-18(23-24-19)17-10-9-16(27-3)11-20(17)28-4/h5-11,13,18-19,23-24H,12H2,1-4H3,(H,22,25). The van der Waals surface area contributed by atoms with Crippen molar-refractivity contribution >= 4 is 5.91 Å². The van der Waals surface area contributed by atoms with Crippen LogP contribution in [0.5, 0.6) is 17.2 Å². The Morgan fingerprint density at radius 1 is 1.00 bits per heavy atom. The number of hydrogen-bond donors (Lipinski definition) is 3. The largest absolute Gasteiger partial charge is 0.497 e. The van der Waals surface area contributed by atoms with Crippen LogP contribution in [0.1, 0.15) is 36.6 Å². The second-order valence-electron chi connectivity index (χ2n) is 6.74. The second-order valence-corrected chi connectivity index (χ2v) is 6.74. The number of benzene rings is 2. The van der Waals surface area contributed by atoms with Crippen LogP contribution < -0.4 is 30.4 Å². The molecule has 150 valence electrons. The van der Waals surface area contributed by atoms with Gasteiger partial charge in [0.15, 0.2) is 0 Å². The smallest absolute Gasteiger partial charge is 0.239 e. The van der Waals surface area contributed by atoms with Gasteiger partial charge in [-0.05, 0) is 37.1 Å². The molecule has 3 atom stereocenters. The monoisotopic (exact) mass is 385 g/mol. The number of hydrazine groups is 1. The average molecular weight is 385 g/mol. The molecule has 7 heteroatoms. The van der Waals surface area contributed by atoms with Gasteiger partial charge in [-0.2, -0.15) is 0 Å². The minimum atomic E-state index is -0.336. The molecule has 7 nitrogen and oxygen atoms in total. The van der Waals surface area contributed by atoms with Gasteiger partial charge in [0.05, 0.1) is 33.4 Å². The van der Waals surface area contributed by atoms with Crippen LogP contribution in [0.15, 0.2) is 42.5 Å². The number of carbonyl (C=O) groups excluding carboxylic acids is 1. The average Bonchev–Trinajstić information content (AvgIpc) is 3.23. The number of amides is 1. The number of nitrogens with one attached hydrogen (secondary N) is 3. The second kappa shape index (κ2) is 8.95. The highest BCUT2D eigenvalue weighted by Crippen LogP contribution is 2.33. The fraction of sp³-hybridized carbons (Fsp3) is 0.381. The molecule has 0 radical (unpaired) electrons. The van der Waals surface area contributed by atoms with E-state index in [2.05, 4.69) is 16.2 Å². The first-order valence-corrected chi connectivity index (χ1v) is 9.23. The van der Waals surface area contributed by atoms with Gasteiger partial charge in [0.25, 0.3) is 0 Å². The predicted octanol–water partition coefficient (Wildman–Crippen LogP) is 2.50. The summed E-state index contributed by atoms with van der Waals surface area (Å²) in [7, 11) is 4.88. The number of rotatable bonds is 7. The summed E-state index contributed by atoms with van der Waals surface area (Å²) in [6.07, 6.45) is 0.615. The minimum absolute atomic E-state index is 0.0344. The molecule has 0 aromatic heterocycles. The molecule has 3 rings (SSSR count). The van der Waals surface area contributed by atoms with Crippen molar-refractivity contribution < 1.29 is 19.0 Å². The molecular formula is C21H27N3O4. The third kappa shape index (κ3) is 4.37. The summed E-state index contributed by atoms with van der Waals surface area (Å²) < 4.78 is 15.9. The lowest BCUT2D eigenvalue weighted by Crippen LogP contribution is -2.43. The molecule has 0 aliphatic carbocycles. The molecule has 1 aliphatic rings. The number of ether oxygens (including phenoxy) is 3. The summed E-state index contributed by atoms with van der Waals surface area (Å²) in [5, 5.41) is 3.06. The number of carbonyl (C=O) groups is 1. The molecule has 0 saturated carbocycles. The van der Waals surface area contributed by atoms with Gasteiger partial charge in [0.1, 0.15) is 23.3 Å². The molecule has 1 heterocycles. The van der Waals surface area contributed by atoms with Gasteiger partial charge >= 0.3 is 0 Å². The van der Waals surface area contributed by atoms with Gasteiger partial charge in [-0.25, -0.2) is 10.9 Å². The van der Waals surface area contributed by atoms with Gasteiger partial charge in [0, 0.05) is 11.6 Å². The third-order valence-corrected chi connectivity index (χ3v) is 5.01. The molecule has 0 spiro atoms. The van der Waals surface area contributed by atoms with Crippen LogP contribution in [0.3, 0.4) is 0 Å². The van der Waals surface area contributed by atoms with Crippen LogP contribution in [0, 0.1) is 0 Å². The Labute approximate surface area is 165 Å². The van der Waals surface area contributed by atoms with Crippen LogP contribution in [0.25, 0.3) is 0 Å². The summed E-state index contributed by atoms with van der Waals surface area (Å²) in [6.45, 7) is 1.96. The molecule has 1 amide bonds. The van der Waals surface area contributed by atoms with Gasteiger partial charge in [-0.3, -0.25) is 4.79 Å². The maximum atomic E-state index is 12.7. The van der Waals surface area contributed by atoms with E-state index < -0.39 is 0 Å². The van der Waals surface area contributed by atoms with E-state index in [1.807, 2.05) is 49.4 Å². The lowest BCUT2D eigenvalue weighted by atomic mass is 10.00. The van der Waals surface area contributed by atoms with Crippen LogP contribution in [-0.4, -0.2) is 33.3 Å². The highest BCUT2D eigenvalue weighted by Gasteiger charge is 2.32. The van der Waals surface area contributed by atoms with Crippen molar-refractivity contribution in [2.45, 2.75) is 31.5 Å². The maximum absolute atomic E-state index is 12.7. The summed E-state index contributed by atoms with van der Waals surface area (Å²) in [4.78, 5) is 12.7. The Kier molecular flexibility index (Phi) is 6.38. The summed E-state index contributed by atoms with van der Waals surface area (Å²) in [5.41, 5.74) is 8.29. The van der Waals surface area contributed by atoms with Crippen molar-refractivity contribution in [1.82, 2.24) is 16.2 Å². The SMILES string of the molecule is COc1ccc(C(C)NC(=O)C2CC(c3ccc(OC)cc3OC)NN2)cc1.